The van der Waals surface area contributed by atoms with E-state index in [9.17, 15) is 4.39 Å². The highest BCUT2D eigenvalue weighted by molar-refractivity contribution is 5.91. The fourth-order valence-corrected chi connectivity index (χ4v) is 2.55. The summed E-state index contributed by atoms with van der Waals surface area (Å²) in [5, 5.41) is 9.10. The average molecular weight is 302 g/mol. The Morgan fingerprint density at radius 2 is 1.91 bits per heavy atom. The number of aromatic nitrogens is 3. The van der Waals surface area contributed by atoms with Crippen LogP contribution < -0.4 is 5.73 Å². The highest BCUT2D eigenvalue weighted by Crippen LogP contribution is 2.22. The largest absolute Gasteiger partial charge is 0.383 e. The van der Waals surface area contributed by atoms with Gasteiger partial charge in [-0.2, -0.15) is 5.10 Å². The molecule has 0 spiro atoms. The number of benzene rings is 2. The summed E-state index contributed by atoms with van der Waals surface area (Å²) < 4.78 is 14.0. The van der Waals surface area contributed by atoms with Crippen molar-refractivity contribution >= 4 is 27.5 Å². The zero-order chi connectivity index (χ0) is 15.8. The lowest BCUT2D eigenvalue weighted by molar-refractivity contribution is 0.639. The number of H-pyrrole nitrogens is 1. The summed E-state index contributed by atoms with van der Waals surface area (Å²) in [4.78, 5) is 4.16. The Morgan fingerprint density at radius 3 is 2.83 bits per heavy atom. The number of hydrogen-bond donors (Lipinski definition) is 2. The normalized spacial score (nSPS) is 10.7. The Hall–Kier alpha value is -3.39. The van der Waals surface area contributed by atoms with Crippen molar-refractivity contribution in [3.63, 3.8) is 0 Å². The second kappa shape index (κ2) is 5.11. The molecule has 5 heteroatoms. The maximum Gasteiger partial charge on any atom is 0.146 e. The number of rotatable bonds is 0. The van der Waals surface area contributed by atoms with Crippen molar-refractivity contribution in [1.82, 2.24) is 15.2 Å². The molecule has 0 saturated heterocycles. The second-order valence-corrected chi connectivity index (χ2v) is 5.09. The van der Waals surface area contributed by atoms with Crippen LogP contribution in [0.1, 0.15) is 11.3 Å². The number of pyridine rings is 1. The van der Waals surface area contributed by atoms with E-state index in [4.69, 9.17) is 5.73 Å². The molecule has 0 radical (unpaired) electrons. The summed E-state index contributed by atoms with van der Waals surface area (Å²) in [6, 6.07) is 12.5. The summed E-state index contributed by atoms with van der Waals surface area (Å²) in [5.74, 6) is 5.88. The van der Waals surface area contributed by atoms with Crippen molar-refractivity contribution in [2.45, 2.75) is 0 Å². The molecule has 4 aromatic rings. The number of nitrogens with one attached hydrogen (secondary N) is 1. The molecule has 3 N–H and O–H groups in total. The molecule has 0 saturated carbocycles. The number of nitrogens with two attached hydrogens (primary N) is 1. The van der Waals surface area contributed by atoms with E-state index in [1.807, 2.05) is 24.3 Å². The molecule has 0 atom stereocenters. The lowest BCUT2D eigenvalue weighted by Crippen LogP contribution is -1.95. The van der Waals surface area contributed by atoms with Gasteiger partial charge in [0, 0.05) is 17.0 Å². The van der Waals surface area contributed by atoms with E-state index in [2.05, 4.69) is 27.0 Å². The van der Waals surface area contributed by atoms with E-state index < -0.39 is 0 Å². The SMILES string of the molecule is Nc1ncc2ccccc2c1C#Cc1n[nH]c2cccc(F)c12. The van der Waals surface area contributed by atoms with Crippen molar-refractivity contribution < 1.29 is 4.39 Å². The molecule has 0 amide bonds. The van der Waals surface area contributed by atoms with Gasteiger partial charge >= 0.3 is 0 Å². The molecule has 0 unspecified atom stereocenters. The fourth-order valence-electron chi connectivity index (χ4n) is 2.55. The molecule has 0 aliphatic rings. The van der Waals surface area contributed by atoms with Crippen LogP contribution >= 0.6 is 0 Å². The smallest absolute Gasteiger partial charge is 0.146 e. The first-order valence-electron chi connectivity index (χ1n) is 7.02. The van der Waals surface area contributed by atoms with Gasteiger partial charge in [-0.1, -0.05) is 36.3 Å². The predicted molar refractivity (Wildman–Crippen MR) is 88.2 cm³/mol. The summed E-state index contributed by atoms with van der Waals surface area (Å²) in [6.07, 6.45) is 1.71. The topological polar surface area (TPSA) is 67.6 Å². The van der Waals surface area contributed by atoms with E-state index in [0.29, 0.717) is 28.0 Å². The van der Waals surface area contributed by atoms with Gasteiger partial charge in [0.05, 0.1) is 16.5 Å². The molecular formula is C18H11FN4. The van der Waals surface area contributed by atoms with Gasteiger partial charge in [0.15, 0.2) is 0 Å². The molecule has 110 valence electrons. The Balaban J connectivity index is 1.92. The van der Waals surface area contributed by atoms with Gasteiger partial charge in [0.25, 0.3) is 0 Å². The molecular weight excluding hydrogens is 291 g/mol. The summed E-state index contributed by atoms with van der Waals surface area (Å²) in [5.41, 5.74) is 7.54. The number of hydrogen-bond acceptors (Lipinski definition) is 3. The van der Waals surface area contributed by atoms with Crippen molar-refractivity contribution in [1.29, 1.82) is 0 Å². The summed E-state index contributed by atoms with van der Waals surface area (Å²) in [6.45, 7) is 0. The number of nitrogens with zero attached hydrogens (tertiary/aromatic N) is 2. The van der Waals surface area contributed by atoms with Crippen LogP contribution in [0.4, 0.5) is 10.2 Å². The zero-order valence-electron chi connectivity index (χ0n) is 12.0. The molecule has 0 bridgehead atoms. The van der Waals surface area contributed by atoms with Gasteiger partial charge in [0.2, 0.25) is 0 Å². The second-order valence-electron chi connectivity index (χ2n) is 5.09. The van der Waals surface area contributed by atoms with E-state index in [0.717, 1.165) is 10.8 Å². The third kappa shape index (κ3) is 2.17. The molecule has 4 rings (SSSR count). The highest BCUT2D eigenvalue weighted by atomic mass is 19.1. The molecule has 2 aromatic heterocycles. The van der Waals surface area contributed by atoms with Gasteiger partial charge in [-0.15, -0.1) is 0 Å². The zero-order valence-corrected chi connectivity index (χ0v) is 12.0. The van der Waals surface area contributed by atoms with Gasteiger partial charge in [0.1, 0.15) is 17.3 Å². The van der Waals surface area contributed by atoms with Crippen LogP contribution in [0, 0.1) is 17.7 Å². The Bertz CT molecular complexity index is 1100. The van der Waals surface area contributed by atoms with Crippen LogP contribution in [-0.2, 0) is 0 Å². The van der Waals surface area contributed by atoms with Crippen LogP contribution in [0.3, 0.4) is 0 Å². The minimum atomic E-state index is -0.357. The van der Waals surface area contributed by atoms with Crippen LogP contribution in [0.2, 0.25) is 0 Å². The van der Waals surface area contributed by atoms with Crippen LogP contribution in [-0.4, -0.2) is 15.2 Å². The van der Waals surface area contributed by atoms with Gasteiger partial charge in [-0.3, -0.25) is 5.10 Å². The molecule has 23 heavy (non-hydrogen) atoms. The van der Waals surface area contributed by atoms with E-state index in [1.54, 1.807) is 18.3 Å². The number of fused-ring (bicyclic) bond motifs is 2. The molecule has 0 aliphatic heterocycles. The third-order valence-corrected chi connectivity index (χ3v) is 3.67. The molecule has 4 nitrogen and oxygen atoms in total. The van der Waals surface area contributed by atoms with E-state index >= 15 is 0 Å². The first-order chi connectivity index (χ1) is 11.2. The molecule has 2 aromatic carbocycles. The molecule has 0 aliphatic carbocycles. The summed E-state index contributed by atoms with van der Waals surface area (Å²) in [7, 11) is 0. The van der Waals surface area contributed by atoms with Crippen molar-refractivity contribution in [2.75, 3.05) is 5.73 Å². The molecule has 2 heterocycles. The number of nitrogen functional groups attached to an aromatic ring is 1. The Kier molecular flexibility index (Phi) is 2.95. The third-order valence-electron chi connectivity index (χ3n) is 3.67. The van der Waals surface area contributed by atoms with E-state index in [1.165, 1.54) is 6.07 Å². The first kappa shape index (κ1) is 13.3. The van der Waals surface area contributed by atoms with Crippen molar-refractivity contribution in [3.05, 3.63) is 65.7 Å². The van der Waals surface area contributed by atoms with Gasteiger partial charge < -0.3 is 5.73 Å². The Morgan fingerprint density at radius 1 is 1.04 bits per heavy atom. The van der Waals surface area contributed by atoms with Gasteiger partial charge in [-0.25, -0.2) is 9.37 Å². The highest BCUT2D eigenvalue weighted by Gasteiger charge is 2.09. The molecule has 0 fully saturated rings. The monoisotopic (exact) mass is 302 g/mol. The van der Waals surface area contributed by atoms with Crippen molar-refractivity contribution in [2.24, 2.45) is 0 Å². The lowest BCUT2D eigenvalue weighted by atomic mass is 10.1. The number of halogens is 1. The van der Waals surface area contributed by atoms with Crippen LogP contribution in [0.15, 0.2) is 48.7 Å². The van der Waals surface area contributed by atoms with Crippen molar-refractivity contribution in [3.8, 4) is 11.8 Å². The lowest BCUT2D eigenvalue weighted by Gasteiger charge is -2.02. The first-order valence-corrected chi connectivity index (χ1v) is 7.02. The standard InChI is InChI=1S/C18H11FN4/c19-14-6-3-7-15-17(14)16(23-22-15)9-8-13-12-5-2-1-4-11(12)10-21-18(13)20/h1-7,10H,(H2,20,21)(H,22,23). The van der Waals surface area contributed by atoms with Crippen LogP contribution in [0.25, 0.3) is 21.7 Å². The number of aromatic amines is 1. The number of anilines is 1. The van der Waals surface area contributed by atoms with Crippen LogP contribution in [0.5, 0.6) is 0 Å². The maximum absolute atomic E-state index is 14.0. The minimum absolute atomic E-state index is 0.344. The average Bonchev–Trinajstić information content (AvgIpc) is 2.98. The Labute approximate surface area is 131 Å². The predicted octanol–water partition coefficient (Wildman–Crippen LogP) is 3.23. The fraction of sp³-hybridized carbons (Fsp3) is 0. The summed E-state index contributed by atoms with van der Waals surface area (Å²) >= 11 is 0. The minimum Gasteiger partial charge on any atom is -0.383 e. The van der Waals surface area contributed by atoms with E-state index in [-0.39, 0.29) is 5.82 Å². The quantitative estimate of drug-likeness (QED) is 0.490. The van der Waals surface area contributed by atoms with Gasteiger partial charge in [-0.05, 0) is 18.1 Å². The maximum atomic E-state index is 14.0.